The number of nitrogens with zero attached hydrogens (tertiary/aromatic N) is 2. The quantitative estimate of drug-likeness (QED) is 0.497. The highest BCUT2D eigenvalue weighted by Crippen LogP contribution is 2.42. The Labute approximate surface area is 186 Å². The monoisotopic (exact) mass is 433 g/mol. The van der Waals surface area contributed by atoms with Crippen LogP contribution in [0.15, 0.2) is 34.9 Å². The van der Waals surface area contributed by atoms with E-state index in [1.54, 1.807) is 0 Å². The third kappa shape index (κ3) is 3.34. The van der Waals surface area contributed by atoms with Crippen LogP contribution in [0.2, 0.25) is 0 Å². The number of hydrogen-bond acceptors (Lipinski definition) is 5. The Morgan fingerprint density at radius 3 is 2.58 bits per heavy atom. The zero-order valence-electron chi connectivity index (χ0n) is 17.5. The van der Waals surface area contributed by atoms with E-state index in [0.29, 0.717) is 43.3 Å². The topological polar surface area (TPSA) is 81.6 Å². The molecular weight excluding hydrogens is 410 g/mol. The fourth-order valence-corrected chi connectivity index (χ4v) is 4.82. The second-order valence-corrected chi connectivity index (χ2v) is 8.51. The molecule has 0 atom stereocenters. The van der Waals surface area contributed by atoms with Crippen LogP contribution in [-0.2, 0) is 11.2 Å². The summed E-state index contributed by atoms with van der Waals surface area (Å²) in [7, 11) is 0. The van der Waals surface area contributed by atoms with E-state index in [1.165, 1.54) is 0 Å². The summed E-state index contributed by atoms with van der Waals surface area (Å²) >= 11 is 5.39. The molecule has 31 heavy (non-hydrogen) atoms. The third-order valence-electron chi connectivity index (χ3n) is 6.15. The van der Waals surface area contributed by atoms with Crippen molar-refractivity contribution in [2.24, 2.45) is 5.73 Å². The van der Waals surface area contributed by atoms with Crippen molar-refractivity contribution in [3.8, 4) is 22.3 Å². The smallest absolute Gasteiger partial charge is 0.254 e. The minimum atomic E-state index is 0.0491. The zero-order valence-corrected chi connectivity index (χ0v) is 18.3. The Hall–Kier alpha value is -3.03. The molecule has 1 aliphatic heterocycles. The summed E-state index contributed by atoms with van der Waals surface area (Å²) in [6.45, 7) is 6.26. The molecule has 0 unspecified atom stereocenters. The van der Waals surface area contributed by atoms with Crippen LogP contribution in [-0.4, -0.2) is 47.3 Å². The van der Waals surface area contributed by atoms with Crippen molar-refractivity contribution < 1.29 is 14.1 Å². The van der Waals surface area contributed by atoms with Crippen molar-refractivity contribution >= 4 is 23.1 Å². The van der Waals surface area contributed by atoms with E-state index in [4.69, 9.17) is 27.2 Å². The van der Waals surface area contributed by atoms with Crippen LogP contribution in [0.5, 0.6) is 0 Å². The van der Waals surface area contributed by atoms with Gasteiger partial charge in [0.2, 0.25) is 0 Å². The van der Waals surface area contributed by atoms with E-state index >= 15 is 0 Å². The minimum Gasteiger partial charge on any atom is -0.389 e. The first-order valence-electron chi connectivity index (χ1n) is 10.3. The van der Waals surface area contributed by atoms with Gasteiger partial charge in [0.25, 0.3) is 5.91 Å². The first kappa shape index (κ1) is 19.9. The maximum atomic E-state index is 12.9. The third-order valence-corrected chi connectivity index (χ3v) is 6.37. The summed E-state index contributed by atoms with van der Waals surface area (Å²) in [6, 6.07) is 10.1. The number of aromatic nitrogens is 1. The van der Waals surface area contributed by atoms with E-state index in [1.807, 2.05) is 43.0 Å². The van der Waals surface area contributed by atoms with Gasteiger partial charge >= 0.3 is 0 Å². The van der Waals surface area contributed by atoms with Gasteiger partial charge in [-0.2, -0.15) is 0 Å². The number of benzene rings is 2. The molecule has 1 aromatic heterocycles. The van der Waals surface area contributed by atoms with Gasteiger partial charge in [0, 0.05) is 29.8 Å². The Morgan fingerprint density at radius 2 is 1.90 bits per heavy atom. The SMILES string of the molecule is Cc1noc(C)c1-c1cc(C(N)=S)c2c(c1)-c1ccc(C(=O)N3CCOCC3)cc1C2. The molecule has 1 fully saturated rings. The van der Waals surface area contributed by atoms with Gasteiger partial charge in [-0.3, -0.25) is 4.79 Å². The Balaban J connectivity index is 1.58. The highest BCUT2D eigenvalue weighted by molar-refractivity contribution is 7.80. The molecule has 7 heteroatoms. The lowest BCUT2D eigenvalue weighted by Crippen LogP contribution is -2.40. The maximum Gasteiger partial charge on any atom is 0.254 e. The Morgan fingerprint density at radius 1 is 1.13 bits per heavy atom. The molecule has 6 nitrogen and oxygen atoms in total. The van der Waals surface area contributed by atoms with Crippen molar-refractivity contribution in [2.75, 3.05) is 26.3 Å². The van der Waals surface area contributed by atoms with E-state index in [-0.39, 0.29) is 5.91 Å². The molecule has 0 radical (unpaired) electrons. The highest BCUT2D eigenvalue weighted by Gasteiger charge is 2.27. The van der Waals surface area contributed by atoms with Crippen LogP contribution >= 0.6 is 12.2 Å². The summed E-state index contributed by atoms with van der Waals surface area (Å²) in [5, 5.41) is 4.09. The lowest BCUT2D eigenvalue weighted by molar-refractivity contribution is 0.0303. The second-order valence-electron chi connectivity index (χ2n) is 8.07. The molecule has 1 aliphatic carbocycles. The second kappa shape index (κ2) is 7.59. The summed E-state index contributed by atoms with van der Waals surface area (Å²) in [5.41, 5.74) is 14.9. The van der Waals surface area contributed by atoms with Crippen LogP contribution in [0.4, 0.5) is 0 Å². The van der Waals surface area contributed by atoms with Gasteiger partial charge in [-0.15, -0.1) is 0 Å². The van der Waals surface area contributed by atoms with Gasteiger partial charge in [-0.25, -0.2) is 0 Å². The zero-order chi connectivity index (χ0) is 21.7. The first-order chi connectivity index (χ1) is 14.9. The molecule has 0 spiro atoms. The number of thiocarbonyl (C=S) groups is 1. The van der Waals surface area contributed by atoms with Gasteiger partial charge in [0.15, 0.2) is 0 Å². The predicted octanol–water partition coefficient (Wildman–Crippen LogP) is 3.64. The van der Waals surface area contributed by atoms with Gasteiger partial charge in [0.05, 0.1) is 18.9 Å². The number of hydrogen-bond donors (Lipinski definition) is 1. The molecule has 5 rings (SSSR count). The predicted molar refractivity (Wildman–Crippen MR) is 122 cm³/mol. The van der Waals surface area contributed by atoms with Crippen molar-refractivity contribution in [3.63, 3.8) is 0 Å². The number of carbonyl (C=O) groups is 1. The fraction of sp³-hybridized carbons (Fsp3) is 0.292. The van der Waals surface area contributed by atoms with Crippen LogP contribution in [0.1, 0.15) is 38.5 Å². The average Bonchev–Trinajstić information content (AvgIpc) is 3.31. The van der Waals surface area contributed by atoms with Gasteiger partial charge in [0.1, 0.15) is 10.7 Å². The summed E-state index contributed by atoms with van der Waals surface area (Å²) in [5.74, 6) is 0.809. The number of amides is 1. The molecule has 3 aromatic rings. The molecule has 0 bridgehead atoms. The maximum absolute atomic E-state index is 12.9. The molecule has 1 saturated heterocycles. The van der Waals surface area contributed by atoms with Crippen LogP contribution in [0, 0.1) is 13.8 Å². The van der Waals surface area contributed by atoms with Crippen LogP contribution < -0.4 is 5.73 Å². The van der Waals surface area contributed by atoms with Gasteiger partial charge in [-0.1, -0.05) is 23.4 Å². The summed E-state index contributed by atoms with van der Waals surface area (Å²) < 4.78 is 10.7. The molecule has 1 amide bonds. The van der Waals surface area contributed by atoms with Crippen LogP contribution in [0.3, 0.4) is 0 Å². The minimum absolute atomic E-state index is 0.0491. The number of fused-ring (bicyclic) bond motifs is 3. The number of ether oxygens (including phenoxy) is 1. The lowest BCUT2D eigenvalue weighted by atomic mass is 9.93. The van der Waals surface area contributed by atoms with Crippen molar-refractivity contribution in [1.29, 1.82) is 0 Å². The number of rotatable bonds is 3. The lowest BCUT2D eigenvalue weighted by Gasteiger charge is -2.27. The van der Waals surface area contributed by atoms with E-state index < -0.39 is 0 Å². The van der Waals surface area contributed by atoms with Crippen molar-refractivity contribution in [3.05, 3.63) is 64.0 Å². The first-order valence-corrected chi connectivity index (χ1v) is 10.7. The molecule has 2 N–H and O–H groups in total. The fourth-order valence-electron chi connectivity index (χ4n) is 4.64. The van der Waals surface area contributed by atoms with Gasteiger partial charge < -0.3 is 19.9 Å². The van der Waals surface area contributed by atoms with Crippen molar-refractivity contribution in [1.82, 2.24) is 10.1 Å². The molecule has 2 aliphatic rings. The van der Waals surface area contributed by atoms with E-state index in [2.05, 4.69) is 11.2 Å². The van der Waals surface area contributed by atoms with Crippen molar-refractivity contribution in [2.45, 2.75) is 20.3 Å². The average molecular weight is 434 g/mol. The molecule has 2 heterocycles. The number of carbonyl (C=O) groups excluding carboxylic acids is 1. The number of aryl methyl sites for hydroxylation is 2. The molecule has 158 valence electrons. The van der Waals surface area contributed by atoms with Gasteiger partial charge in [-0.05, 0) is 72.4 Å². The normalized spacial score (nSPS) is 15.0. The Kier molecular flexibility index (Phi) is 4.87. The molecular formula is C24H23N3O3S. The van der Waals surface area contributed by atoms with E-state index in [0.717, 1.165) is 50.4 Å². The largest absolute Gasteiger partial charge is 0.389 e. The molecule has 0 saturated carbocycles. The molecule has 2 aromatic carbocycles. The number of morpholine rings is 1. The number of nitrogens with two attached hydrogens (primary N) is 1. The highest BCUT2D eigenvalue weighted by atomic mass is 32.1. The van der Waals surface area contributed by atoms with E-state index in [9.17, 15) is 4.79 Å². The Bertz CT molecular complexity index is 1210. The summed E-state index contributed by atoms with van der Waals surface area (Å²) in [6.07, 6.45) is 0.698. The van der Waals surface area contributed by atoms with Crippen LogP contribution in [0.25, 0.3) is 22.3 Å². The standard InChI is InChI=1S/C24H23N3O3S/c1-13-22(14(2)30-26-13)17-11-19-18-4-3-15(24(28)27-5-7-29-8-6-27)9-16(18)10-20(19)21(12-17)23(25)31/h3-4,9,11-12H,5-8,10H2,1-2H3,(H2,25,31). The summed E-state index contributed by atoms with van der Waals surface area (Å²) in [4.78, 5) is 15.2.